The largest absolute Gasteiger partial charge is 0.326 e. The van der Waals surface area contributed by atoms with Crippen LogP contribution >= 0.6 is 0 Å². The van der Waals surface area contributed by atoms with Crippen molar-refractivity contribution in [2.24, 2.45) is 0 Å². The number of hydrogen-bond donors (Lipinski definition) is 1. The Morgan fingerprint density at radius 1 is 1.29 bits per heavy atom. The molecule has 1 aromatic carbocycles. The number of carbonyl (C=O) groups is 1. The van der Waals surface area contributed by atoms with Gasteiger partial charge in [-0.05, 0) is 24.6 Å². The van der Waals surface area contributed by atoms with E-state index in [1.807, 2.05) is 37.3 Å². The standard InChI is InChI=1S/C15H17NO/c1-4-9-14(5-2)16-15(17)12(3)13-10-7-6-8-11-13/h4-12H,1-2H2,3H3,(H,16,17)/b14-9+. The minimum absolute atomic E-state index is 0.0517. The number of benzene rings is 1. The van der Waals surface area contributed by atoms with E-state index in [-0.39, 0.29) is 11.8 Å². The van der Waals surface area contributed by atoms with Gasteiger partial charge in [-0.3, -0.25) is 4.79 Å². The fourth-order valence-corrected chi connectivity index (χ4v) is 1.43. The molecule has 1 amide bonds. The maximum absolute atomic E-state index is 12.0. The van der Waals surface area contributed by atoms with E-state index in [1.54, 1.807) is 18.2 Å². The van der Waals surface area contributed by atoms with Crippen LogP contribution in [0.1, 0.15) is 18.4 Å². The maximum atomic E-state index is 12.0. The lowest BCUT2D eigenvalue weighted by Gasteiger charge is -2.12. The van der Waals surface area contributed by atoms with E-state index in [0.29, 0.717) is 5.70 Å². The number of amides is 1. The minimum atomic E-state index is -0.190. The molecule has 0 aliphatic carbocycles. The van der Waals surface area contributed by atoms with Gasteiger partial charge in [-0.2, -0.15) is 0 Å². The summed E-state index contributed by atoms with van der Waals surface area (Å²) in [7, 11) is 0. The van der Waals surface area contributed by atoms with Crippen molar-refractivity contribution in [3.63, 3.8) is 0 Å². The number of carbonyl (C=O) groups excluding carboxylic acids is 1. The van der Waals surface area contributed by atoms with Crippen LogP contribution in [0.2, 0.25) is 0 Å². The molecule has 1 aromatic rings. The summed E-state index contributed by atoms with van der Waals surface area (Å²) in [5, 5.41) is 2.80. The highest BCUT2D eigenvalue weighted by Crippen LogP contribution is 2.14. The summed E-state index contributed by atoms with van der Waals surface area (Å²) in [6.45, 7) is 9.09. The average molecular weight is 227 g/mol. The lowest BCUT2D eigenvalue weighted by molar-refractivity contribution is -0.121. The summed E-state index contributed by atoms with van der Waals surface area (Å²) in [5.41, 5.74) is 1.65. The van der Waals surface area contributed by atoms with Crippen molar-refractivity contribution in [2.45, 2.75) is 12.8 Å². The van der Waals surface area contributed by atoms with Crippen LogP contribution in [0.25, 0.3) is 0 Å². The van der Waals surface area contributed by atoms with E-state index in [9.17, 15) is 4.79 Å². The Morgan fingerprint density at radius 3 is 2.47 bits per heavy atom. The van der Waals surface area contributed by atoms with Gasteiger partial charge in [-0.25, -0.2) is 0 Å². The van der Waals surface area contributed by atoms with Crippen LogP contribution in [-0.2, 0) is 4.79 Å². The molecule has 0 heterocycles. The van der Waals surface area contributed by atoms with Gasteiger partial charge in [0, 0.05) is 5.70 Å². The summed E-state index contributed by atoms with van der Waals surface area (Å²) in [4.78, 5) is 12.0. The highest BCUT2D eigenvalue weighted by Gasteiger charge is 2.14. The fraction of sp³-hybridized carbons (Fsp3) is 0.133. The van der Waals surface area contributed by atoms with Gasteiger partial charge in [0.05, 0.1) is 5.92 Å². The number of hydrogen-bond acceptors (Lipinski definition) is 1. The molecule has 88 valence electrons. The number of nitrogens with one attached hydrogen (secondary N) is 1. The zero-order valence-corrected chi connectivity index (χ0v) is 10.0. The Balaban J connectivity index is 2.74. The van der Waals surface area contributed by atoms with Crippen molar-refractivity contribution in [3.05, 3.63) is 73.0 Å². The van der Waals surface area contributed by atoms with Crippen LogP contribution in [0, 0.1) is 0 Å². The van der Waals surface area contributed by atoms with Gasteiger partial charge in [-0.15, -0.1) is 0 Å². The van der Waals surface area contributed by atoms with Crippen LogP contribution in [0.3, 0.4) is 0 Å². The first-order chi connectivity index (χ1) is 8.19. The molecule has 0 aromatic heterocycles. The van der Waals surface area contributed by atoms with Gasteiger partial charge in [-0.1, -0.05) is 49.6 Å². The molecule has 1 rings (SSSR count). The van der Waals surface area contributed by atoms with Gasteiger partial charge in [0.1, 0.15) is 0 Å². The highest BCUT2D eigenvalue weighted by molar-refractivity contribution is 5.85. The van der Waals surface area contributed by atoms with E-state index in [2.05, 4.69) is 18.5 Å². The molecule has 0 aliphatic rings. The first kappa shape index (κ1) is 13.0. The fourth-order valence-electron chi connectivity index (χ4n) is 1.43. The molecular formula is C15H17NO. The first-order valence-electron chi connectivity index (χ1n) is 5.50. The lowest BCUT2D eigenvalue weighted by atomic mass is 10.0. The second-order valence-electron chi connectivity index (χ2n) is 3.68. The lowest BCUT2D eigenvalue weighted by Crippen LogP contribution is -2.26. The second kappa shape index (κ2) is 6.48. The Morgan fingerprint density at radius 2 is 1.94 bits per heavy atom. The monoisotopic (exact) mass is 227 g/mol. The molecule has 0 fully saturated rings. The Labute approximate surface area is 102 Å². The predicted octanol–water partition coefficient (Wildman–Crippen LogP) is 3.16. The van der Waals surface area contributed by atoms with E-state index >= 15 is 0 Å². The number of allylic oxidation sites excluding steroid dienone is 3. The van der Waals surface area contributed by atoms with E-state index in [0.717, 1.165) is 5.56 Å². The van der Waals surface area contributed by atoms with Crippen LogP contribution in [0.15, 0.2) is 67.4 Å². The molecular weight excluding hydrogens is 210 g/mol. The van der Waals surface area contributed by atoms with Gasteiger partial charge in [0.25, 0.3) is 0 Å². The molecule has 1 N–H and O–H groups in total. The normalized spacial score (nSPS) is 12.6. The maximum Gasteiger partial charge on any atom is 0.231 e. The molecule has 2 heteroatoms. The summed E-state index contributed by atoms with van der Waals surface area (Å²) in [5.74, 6) is -0.242. The Kier molecular flexibility index (Phi) is 4.95. The smallest absolute Gasteiger partial charge is 0.231 e. The number of rotatable bonds is 5. The summed E-state index contributed by atoms with van der Waals surface area (Å²) in [6.07, 6.45) is 4.92. The molecule has 0 spiro atoms. The molecule has 0 saturated carbocycles. The molecule has 0 radical (unpaired) electrons. The SMILES string of the molecule is C=C/C=C(\C=C)NC(=O)C(C)c1ccccc1. The molecule has 1 unspecified atom stereocenters. The van der Waals surface area contributed by atoms with Crippen molar-refractivity contribution in [1.82, 2.24) is 5.32 Å². The van der Waals surface area contributed by atoms with Gasteiger partial charge in [0.15, 0.2) is 0 Å². The molecule has 2 nitrogen and oxygen atoms in total. The molecule has 0 bridgehead atoms. The topological polar surface area (TPSA) is 29.1 Å². The third kappa shape index (κ3) is 3.76. The zero-order valence-electron chi connectivity index (χ0n) is 10.0. The summed E-state index contributed by atoms with van der Waals surface area (Å²) < 4.78 is 0. The zero-order chi connectivity index (χ0) is 12.7. The first-order valence-corrected chi connectivity index (χ1v) is 5.50. The summed E-state index contributed by atoms with van der Waals surface area (Å²) >= 11 is 0. The van der Waals surface area contributed by atoms with E-state index in [4.69, 9.17) is 0 Å². The van der Waals surface area contributed by atoms with E-state index < -0.39 is 0 Å². The van der Waals surface area contributed by atoms with Crippen molar-refractivity contribution in [2.75, 3.05) is 0 Å². The van der Waals surface area contributed by atoms with Crippen molar-refractivity contribution in [3.8, 4) is 0 Å². The third-order valence-corrected chi connectivity index (χ3v) is 2.48. The highest BCUT2D eigenvalue weighted by atomic mass is 16.1. The predicted molar refractivity (Wildman–Crippen MR) is 71.5 cm³/mol. The third-order valence-electron chi connectivity index (χ3n) is 2.48. The summed E-state index contributed by atoms with van der Waals surface area (Å²) in [6, 6.07) is 9.66. The average Bonchev–Trinajstić information content (AvgIpc) is 2.38. The van der Waals surface area contributed by atoms with Gasteiger partial charge >= 0.3 is 0 Å². The molecule has 17 heavy (non-hydrogen) atoms. The van der Waals surface area contributed by atoms with Crippen LogP contribution in [-0.4, -0.2) is 5.91 Å². The van der Waals surface area contributed by atoms with Crippen molar-refractivity contribution in [1.29, 1.82) is 0 Å². The van der Waals surface area contributed by atoms with Gasteiger partial charge < -0.3 is 5.32 Å². The molecule has 0 saturated heterocycles. The Hall–Kier alpha value is -2.09. The van der Waals surface area contributed by atoms with Crippen LogP contribution in [0.5, 0.6) is 0 Å². The molecule has 0 aliphatic heterocycles. The van der Waals surface area contributed by atoms with E-state index in [1.165, 1.54) is 0 Å². The minimum Gasteiger partial charge on any atom is -0.326 e. The van der Waals surface area contributed by atoms with Crippen molar-refractivity contribution < 1.29 is 4.79 Å². The second-order valence-corrected chi connectivity index (χ2v) is 3.68. The quantitative estimate of drug-likeness (QED) is 0.769. The molecule has 1 atom stereocenters. The van der Waals surface area contributed by atoms with Crippen molar-refractivity contribution >= 4 is 5.91 Å². The van der Waals surface area contributed by atoms with Crippen LogP contribution < -0.4 is 5.32 Å². The van der Waals surface area contributed by atoms with Crippen LogP contribution in [0.4, 0.5) is 0 Å². The van der Waals surface area contributed by atoms with Gasteiger partial charge in [0.2, 0.25) is 5.91 Å². The Bertz CT molecular complexity index is 431.